The molecule has 0 radical (unpaired) electrons. The number of aliphatic imine (C=N–C) groups is 1. The molecule has 3 rings (SSSR count). The Balaban J connectivity index is 1.69. The number of nitrogens with two attached hydrogens (primary N) is 1. The van der Waals surface area contributed by atoms with Crippen molar-refractivity contribution < 1.29 is 13.2 Å². The first-order valence-corrected chi connectivity index (χ1v) is 12.3. The zero-order valence-corrected chi connectivity index (χ0v) is 19.0. The van der Waals surface area contributed by atoms with Crippen LogP contribution in [0.25, 0.3) is 0 Å². The van der Waals surface area contributed by atoms with E-state index >= 15 is 0 Å². The highest BCUT2D eigenvalue weighted by Gasteiger charge is 2.18. The number of guanidine groups is 1. The maximum Gasteiger partial charge on any atom is 0.238 e. The largest absolute Gasteiger partial charge is 0.490 e. The smallest absolute Gasteiger partial charge is 0.238 e. The number of rotatable bonds is 8. The number of benzene rings is 2. The molecule has 1 fully saturated rings. The average Bonchev–Trinajstić information content (AvgIpc) is 3.24. The van der Waals surface area contributed by atoms with Crippen molar-refractivity contribution in [2.24, 2.45) is 10.1 Å². The van der Waals surface area contributed by atoms with Gasteiger partial charge in [0.25, 0.3) is 0 Å². The average molecular weight is 445 g/mol. The van der Waals surface area contributed by atoms with E-state index in [4.69, 9.17) is 9.88 Å². The zero-order valence-electron chi connectivity index (χ0n) is 18.2. The Morgan fingerprint density at radius 1 is 1.16 bits per heavy atom. The molecule has 0 aromatic heterocycles. The van der Waals surface area contributed by atoms with Crippen molar-refractivity contribution in [2.45, 2.75) is 63.6 Å². The fourth-order valence-corrected chi connectivity index (χ4v) is 4.20. The topological polar surface area (TPSA) is 106 Å². The van der Waals surface area contributed by atoms with Gasteiger partial charge < -0.3 is 15.4 Å². The predicted octanol–water partition coefficient (Wildman–Crippen LogP) is 3.22. The summed E-state index contributed by atoms with van der Waals surface area (Å²) in [4.78, 5) is 4.68. The predicted molar refractivity (Wildman–Crippen MR) is 124 cm³/mol. The van der Waals surface area contributed by atoms with Gasteiger partial charge in [-0.25, -0.2) is 18.5 Å². The van der Waals surface area contributed by atoms with Gasteiger partial charge in [-0.2, -0.15) is 0 Å². The molecule has 8 heteroatoms. The summed E-state index contributed by atoms with van der Waals surface area (Å²) in [6, 6.07) is 12.8. The van der Waals surface area contributed by atoms with Gasteiger partial charge in [0.15, 0.2) is 5.96 Å². The van der Waals surface area contributed by atoms with Crippen LogP contribution in [0.3, 0.4) is 0 Å². The lowest BCUT2D eigenvalue weighted by Crippen LogP contribution is -2.37. The van der Waals surface area contributed by atoms with Crippen LogP contribution >= 0.6 is 0 Å². The van der Waals surface area contributed by atoms with Crippen LogP contribution in [0.5, 0.6) is 5.75 Å². The summed E-state index contributed by atoms with van der Waals surface area (Å²) in [6.45, 7) is 5.69. The van der Waals surface area contributed by atoms with Crippen LogP contribution in [-0.4, -0.2) is 27.0 Å². The first kappa shape index (κ1) is 23.1. The van der Waals surface area contributed by atoms with Crippen LogP contribution in [0, 0.1) is 6.92 Å². The first-order valence-electron chi connectivity index (χ1n) is 10.8. The van der Waals surface area contributed by atoms with Crippen molar-refractivity contribution >= 4 is 16.0 Å². The molecule has 2 aromatic carbocycles. The van der Waals surface area contributed by atoms with Crippen molar-refractivity contribution in [3.8, 4) is 5.75 Å². The quantitative estimate of drug-likeness (QED) is 0.428. The lowest BCUT2D eigenvalue weighted by atomic mass is 10.1. The molecule has 0 aliphatic heterocycles. The molecule has 0 heterocycles. The Labute approximate surface area is 185 Å². The van der Waals surface area contributed by atoms with Crippen LogP contribution < -0.4 is 20.5 Å². The molecule has 1 aliphatic carbocycles. The third-order valence-electron chi connectivity index (χ3n) is 5.26. The molecule has 0 unspecified atom stereocenters. The Kier molecular flexibility index (Phi) is 7.92. The van der Waals surface area contributed by atoms with E-state index in [0.717, 1.165) is 29.7 Å². The number of ether oxygens (including phenoxy) is 1. The highest BCUT2D eigenvalue weighted by molar-refractivity contribution is 7.89. The van der Waals surface area contributed by atoms with E-state index in [1.54, 1.807) is 12.1 Å². The van der Waals surface area contributed by atoms with Crippen molar-refractivity contribution in [2.75, 3.05) is 6.54 Å². The molecule has 0 spiro atoms. The Morgan fingerprint density at radius 3 is 2.65 bits per heavy atom. The molecule has 4 N–H and O–H groups in total. The summed E-state index contributed by atoms with van der Waals surface area (Å²) >= 11 is 0. The number of nitrogens with zero attached hydrogens (tertiary/aromatic N) is 1. The summed E-state index contributed by atoms with van der Waals surface area (Å²) in [5, 5.41) is 11.8. The fourth-order valence-electron chi connectivity index (χ4n) is 3.62. The van der Waals surface area contributed by atoms with Crippen LogP contribution in [0.1, 0.15) is 49.3 Å². The van der Waals surface area contributed by atoms with Gasteiger partial charge >= 0.3 is 0 Å². The second-order valence-electron chi connectivity index (χ2n) is 7.88. The molecule has 0 bridgehead atoms. The summed E-state index contributed by atoms with van der Waals surface area (Å²) < 4.78 is 29.4. The van der Waals surface area contributed by atoms with Crippen molar-refractivity contribution in [1.29, 1.82) is 0 Å². The molecule has 31 heavy (non-hydrogen) atoms. The van der Waals surface area contributed by atoms with E-state index in [0.29, 0.717) is 31.7 Å². The second-order valence-corrected chi connectivity index (χ2v) is 9.44. The Hall–Kier alpha value is -2.58. The number of aryl methyl sites for hydroxylation is 1. The van der Waals surface area contributed by atoms with E-state index in [1.165, 1.54) is 24.5 Å². The molecule has 1 aliphatic rings. The van der Waals surface area contributed by atoms with Crippen LogP contribution in [-0.2, 0) is 23.1 Å². The molecule has 168 valence electrons. The highest BCUT2D eigenvalue weighted by atomic mass is 32.2. The van der Waals surface area contributed by atoms with Gasteiger partial charge in [0, 0.05) is 18.7 Å². The lowest BCUT2D eigenvalue weighted by Gasteiger charge is -2.18. The van der Waals surface area contributed by atoms with Crippen molar-refractivity contribution in [1.82, 2.24) is 10.6 Å². The molecule has 0 amide bonds. The Bertz CT molecular complexity index is 1020. The number of primary sulfonamides is 1. The van der Waals surface area contributed by atoms with Crippen molar-refractivity contribution in [3.05, 3.63) is 59.2 Å². The van der Waals surface area contributed by atoms with E-state index in [-0.39, 0.29) is 4.90 Å². The SMILES string of the molecule is CCNC(=NCc1cccc(S(N)(=O)=O)c1)NCc1ccc(C)cc1OC1CCCC1. The van der Waals surface area contributed by atoms with Crippen LogP contribution in [0.15, 0.2) is 52.4 Å². The van der Waals surface area contributed by atoms with Gasteiger partial charge in [0.2, 0.25) is 10.0 Å². The second kappa shape index (κ2) is 10.6. The summed E-state index contributed by atoms with van der Waals surface area (Å²) in [6.07, 6.45) is 4.99. The van der Waals surface area contributed by atoms with E-state index in [2.05, 4.69) is 40.7 Å². The molecular weight excluding hydrogens is 412 g/mol. The number of hydrogen-bond donors (Lipinski definition) is 3. The minimum Gasteiger partial charge on any atom is -0.490 e. The van der Waals surface area contributed by atoms with E-state index in [1.807, 2.05) is 13.0 Å². The van der Waals surface area contributed by atoms with Crippen LogP contribution in [0.4, 0.5) is 0 Å². The molecule has 7 nitrogen and oxygen atoms in total. The summed E-state index contributed by atoms with van der Waals surface area (Å²) in [5.41, 5.74) is 3.02. The number of sulfonamides is 1. The number of hydrogen-bond acceptors (Lipinski definition) is 4. The van der Waals surface area contributed by atoms with Gasteiger partial charge in [-0.15, -0.1) is 0 Å². The van der Waals surface area contributed by atoms with Gasteiger partial charge in [0.1, 0.15) is 5.75 Å². The standard InChI is InChI=1S/C23H32N4O3S/c1-3-25-23(26-15-18-7-6-10-21(14-18)31(24,28)29)27-16-19-12-11-17(2)13-22(19)30-20-8-4-5-9-20/h6-7,10-14,20H,3-5,8-9,15-16H2,1-2H3,(H2,24,28,29)(H2,25,26,27). The minimum absolute atomic E-state index is 0.0894. The van der Waals surface area contributed by atoms with Gasteiger partial charge in [-0.3, -0.25) is 0 Å². The zero-order chi connectivity index (χ0) is 22.3. The van der Waals surface area contributed by atoms with Gasteiger partial charge in [-0.1, -0.05) is 24.3 Å². The minimum atomic E-state index is -3.73. The molecular formula is C23H32N4O3S. The maximum absolute atomic E-state index is 11.6. The van der Waals surface area contributed by atoms with Crippen LogP contribution in [0.2, 0.25) is 0 Å². The van der Waals surface area contributed by atoms with E-state index in [9.17, 15) is 8.42 Å². The number of nitrogens with one attached hydrogen (secondary N) is 2. The molecule has 0 saturated heterocycles. The highest BCUT2D eigenvalue weighted by Crippen LogP contribution is 2.27. The third kappa shape index (κ3) is 6.97. The van der Waals surface area contributed by atoms with Crippen molar-refractivity contribution in [3.63, 3.8) is 0 Å². The summed E-state index contributed by atoms with van der Waals surface area (Å²) in [5.74, 6) is 1.58. The molecule has 0 atom stereocenters. The van der Waals surface area contributed by atoms with Gasteiger partial charge in [-0.05, 0) is 68.9 Å². The Morgan fingerprint density at radius 2 is 1.94 bits per heavy atom. The van der Waals surface area contributed by atoms with E-state index < -0.39 is 10.0 Å². The maximum atomic E-state index is 11.6. The third-order valence-corrected chi connectivity index (χ3v) is 6.17. The lowest BCUT2D eigenvalue weighted by molar-refractivity contribution is 0.207. The first-order chi connectivity index (χ1) is 14.8. The molecule has 2 aromatic rings. The van der Waals surface area contributed by atoms with Gasteiger partial charge in [0.05, 0.1) is 17.5 Å². The normalized spacial score (nSPS) is 15.1. The fraction of sp³-hybridized carbons (Fsp3) is 0.435. The monoisotopic (exact) mass is 444 g/mol. The molecule has 1 saturated carbocycles. The summed E-state index contributed by atoms with van der Waals surface area (Å²) in [7, 11) is -3.73.